The van der Waals surface area contributed by atoms with Crippen LogP contribution in [0.3, 0.4) is 0 Å². The summed E-state index contributed by atoms with van der Waals surface area (Å²) in [6.45, 7) is 10.7. The van der Waals surface area contributed by atoms with Crippen molar-refractivity contribution >= 4 is 12.3 Å². The molecule has 0 amide bonds. The highest BCUT2D eigenvalue weighted by Crippen LogP contribution is 2.84. The van der Waals surface area contributed by atoms with Gasteiger partial charge in [-0.1, -0.05) is 77.9 Å². The fraction of sp³-hybridized carbons (Fsp3) is 0.882. The molecule has 2 N–H and O–H groups in total. The van der Waals surface area contributed by atoms with Crippen LogP contribution < -0.4 is 5.32 Å². The van der Waals surface area contributed by atoms with Crippen molar-refractivity contribution in [3.05, 3.63) is 11.6 Å². The number of fused-ring (bicyclic) bond motifs is 2. The lowest BCUT2D eigenvalue weighted by molar-refractivity contribution is -0.197. The molecule has 5 nitrogen and oxygen atoms in total. The molecule has 0 aromatic rings. The summed E-state index contributed by atoms with van der Waals surface area (Å²) < 4.78 is 7.21. The fourth-order valence-electron chi connectivity index (χ4n) is 11.7. The molecule has 1 heterocycles. The molecule has 5 aliphatic carbocycles. The first-order valence-electron chi connectivity index (χ1n) is 16.5. The van der Waals surface area contributed by atoms with Crippen molar-refractivity contribution in [1.29, 1.82) is 0 Å². The van der Waals surface area contributed by atoms with E-state index in [0.717, 1.165) is 56.5 Å². The van der Waals surface area contributed by atoms with Crippen LogP contribution in [-0.4, -0.2) is 42.7 Å². The van der Waals surface area contributed by atoms with Gasteiger partial charge in [-0.05, 0) is 86.5 Å². The fourth-order valence-corrected chi connectivity index (χ4v) is 11.7. The third-order valence-electron chi connectivity index (χ3n) is 13.1. The van der Waals surface area contributed by atoms with Crippen LogP contribution in [0.15, 0.2) is 11.6 Å². The van der Waals surface area contributed by atoms with E-state index in [9.17, 15) is 14.7 Å². The second kappa shape index (κ2) is 10.3. The monoisotopic (exact) mass is 539 g/mol. The smallest absolute Gasteiger partial charge is 0.315 e. The van der Waals surface area contributed by atoms with Gasteiger partial charge in [-0.2, -0.15) is 0 Å². The number of allylic oxidation sites excluding steroid dienone is 1. The molecular formula is C34H53NO4. The molecule has 3 unspecified atom stereocenters. The van der Waals surface area contributed by atoms with Crippen LogP contribution in [0.4, 0.5) is 0 Å². The summed E-state index contributed by atoms with van der Waals surface area (Å²) in [6.07, 6.45) is 17.2. The maximum Gasteiger partial charge on any atom is 0.315 e. The minimum absolute atomic E-state index is 0.0916. The average Bonchev–Trinajstić information content (AvgIpc) is 3.72. The van der Waals surface area contributed by atoms with Gasteiger partial charge < -0.3 is 20.0 Å². The van der Waals surface area contributed by atoms with E-state index in [1.807, 2.05) is 0 Å². The molecule has 5 fully saturated rings. The Balaban J connectivity index is 1.42. The van der Waals surface area contributed by atoms with Crippen molar-refractivity contribution in [3.8, 4) is 0 Å². The minimum Gasteiger partial charge on any atom is -0.481 e. The second-order valence-electron chi connectivity index (χ2n) is 15.0. The van der Waals surface area contributed by atoms with Gasteiger partial charge in [0.25, 0.3) is 0 Å². The lowest BCUT2D eigenvalue weighted by Crippen LogP contribution is -2.65. The normalized spacial score (nSPS) is 46.7. The first kappa shape index (κ1) is 27.9. The Bertz CT molecular complexity index is 986. The summed E-state index contributed by atoms with van der Waals surface area (Å²) in [5.74, 6) is 1.90. The number of carbonyl (C=O) groups is 2. The molecule has 10 atom stereocenters. The number of nitrogens with one attached hydrogen (secondary N) is 1. The number of hydrogen-bond acceptors (Lipinski definition) is 4. The maximum absolute atomic E-state index is 13.9. The summed E-state index contributed by atoms with van der Waals surface area (Å²) >= 11 is 0. The van der Waals surface area contributed by atoms with Gasteiger partial charge in [-0.25, -0.2) is 0 Å². The number of aldehydes is 1. The number of hydrogen-bond donors (Lipinski definition) is 2. The number of unbranched alkanes of at least 4 members (excludes halogenated alkanes) is 1. The third-order valence-corrected chi connectivity index (χ3v) is 13.1. The number of aliphatic carboxylic acids is 1. The third kappa shape index (κ3) is 3.70. The van der Waals surface area contributed by atoms with Gasteiger partial charge in [0.05, 0.1) is 17.6 Å². The molecule has 0 radical (unpaired) electrons. The summed E-state index contributed by atoms with van der Waals surface area (Å²) in [5, 5.41) is 15.1. The van der Waals surface area contributed by atoms with E-state index in [2.05, 4.69) is 39.1 Å². The zero-order valence-electron chi connectivity index (χ0n) is 24.9. The SMILES string of the molecule is CCCCNC[C@@H]1O[C@@H](C23C[C@@H]4[C@H](C)CC[C@H]4C4(C=O)CC2C=C(C(C)C)[C@]43C(=O)O)C[C@H]1CC1CCCC1. The topological polar surface area (TPSA) is 75.6 Å². The van der Waals surface area contributed by atoms with Crippen molar-refractivity contribution in [1.82, 2.24) is 5.32 Å². The Labute approximate surface area is 236 Å². The lowest BCUT2D eigenvalue weighted by atomic mass is 9.41. The van der Waals surface area contributed by atoms with E-state index in [0.29, 0.717) is 24.2 Å². The van der Waals surface area contributed by atoms with Crippen molar-refractivity contribution < 1.29 is 19.4 Å². The van der Waals surface area contributed by atoms with Crippen LogP contribution in [0, 0.1) is 57.7 Å². The molecule has 1 saturated heterocycles. The van der Waals surface area contributed by atoms with Crippen LogP contribution in [0.2, 0.25) is 0 Å². The number of rotatable bonds is 11. The molecule has 218 valence electrons. The van der Waals surface area contributed by atoms with Crippen molar-refractivity contribution in [3.63, 3.8) is 0 Å². The summed E-state index contributed by atoms with van der Waals surface area (Å²) in [5.41, 5.74) is -1.39. The van der Waals surface area contributed by atoms with Crippen LogP contribution in [-0.2, 0) is 14.3 Å². The highest BCUT2D eigenvalue weighted by molar-refractivity contribution is 5.90. The zero-order valence-corrected chi connectivity index (χ0v) is 24.9. The lowest BCUT2D eigenvalue weighted by Gasteiger charge is -2.60. The molecular weight excluding hydrogens is 486 g/mol. The summed E-state index contributed by atoms with van der Waals surface area (Å²) in [6, 6.07) is 0. The van der Waals surface area contributed by atoms with Gasteiger partial charge in [-0.3, -0.25) is 4.79 Å². The minimum atomic E-state index is -1.13. The van der Waals surface area contributed by atoms with Gasteiger partial charge in [0, 0.05) is 12.0 Å². The quantitative estimate of drug-likeness (QED) is 0.175. The number of carboxylic acids is 1. The van der Waals surface area contributed by atoms with E-state index in [1.54, 1.807) is 0 Å². The highest BCUT2D eigenvalue weighted by atomic mass is 16.5. The molecule has 4 saturated carbocycles. The van der Waals surface area contributed by atoms with Gasteiger partial charge in [-0.15, -0.1) is 0 Å². The Kier molecular flexibility index (Phi) is 7.35. The number of carbonyl (C=O) groups excluding carboxylic acids is 1. The number of ether oxygens (including phenoxy) is 1. The largest absolute Gasteiger partial charge is 0.481 e. The molecule has 5 heteroatoms. The molecule has 0 aromatic carbocycles. The average molecular weight is 540 g/mol. The second-order valence-corrected chi connectivity index (χ2v) is 15.0. The van der Waals surface area contributed by atoms with Crippen LogP contribution in [0.25, 0.3) is 0 Å². The van der Waals surface area contributed by atoms with E-state index in [1.165, 1.54) is 44.9 Å². The number of carboxylic acid groups (broad SMARTS) is 1. The van der Waals surface area contributed by atoms with Crippen LogP contribution >= 0.6 is 0 Å². The maximum atomic E-state index is 13.9. The van der Waals surface area contributed by atoms with E-state index < -0.39 is 22.2 Å². The van der Waals surface area contributed by atoms with E-state index in [4.69, 9.17) is 4.74 Å². The van der Waals surface area contributed by atoms with Crippen LogP contribution in [0.1, 0.15) is 105 Å². The predicted molar refractivity (Wildman–Crippen MR) is 153 cm³/mol. The molecule has 0 aromatic heterocycles. The molecule has 0 spiro atoms. The molecule has 6 rings (SSSR count). The molecule has 1 aliphatic heterocycles. The Morgan fingerprint density at radius 1 is 1.21 bits per heavy atom. The molecule has 39 heavy (non-hydrogen) atoms. The van der Waals surface area contributed by atoms with E-state index in [-0.39, 0.29) is 30.0 Å². The highest BCUT2D eigenvalue weighted by Gasteiger charge is 2.86. The van der Waals surface area contributed by atoms with Crippen molar-refractivity contribution in [2.75, 3.05) is 13.1 Å². The van der Waals surface area contributed by atoms with Gasteiger partial charge in [0.1, 0.15) is 11.7 Å². The Morgan fingerprint density at radius 3 is 2.64 bits per heavy atom. The molecule has 6 aliphatic rings. The van der Waals surface area contributed by atoms with Crippen LogP contribution in [0.5, 0.6) is 0 Å². The van der Waals surface area contributed by atoms with Gasteiger partial charge in [0.2, 0.25) is 0 Å². The Morgan fingerprint density at radius 2 is 1.97 bits per heavy atom. The molecule has 4 bridgehead atoms. The van der Waals surface area contributed by atoms with Crippen molar-refractivity contribution in [2.45, 2.75) is 117 Å². The van der Waals surface area contributed by atoms with Gasteiger partial charge >= 0.3 is 5.97 Å². The summed E-state index contributed by atoms with van der Waals surface area (Å²) in [4.78, 5) is 27.4. The summed E-state index contributed by atoms with van der Waals surface area (Å²) in [7, 11) is 0. The van der Waals surface area contributed by atoms with E-state index >= 15 is 0 Å². The van der Waals surface area contributed by atoms with Crippen molar-refractivity contribution in [2.24, 2.45) is 57.7 Å². The first-order chi connectivity index (χ1) is 18.8. The Hall–Kier alpha value is -1.20. The predicted octanol–water partition coefficient (Wildman–Crippen LogP) is 6.65. The zero-order chi connectivity index (χ0) is 27.6. The first-order valence-corrected chi connectivity index (χ1v) is 16.5. The standard InChI is InChI=1S/C34H53NO4/c1-5-6-13-35-19-29-24(14-23-9-7-8-10-23)15-30(39-29)33-18-26-22(4)11-12-27(26)32(20-36)17-25(33)16-28(21(2)3)34(32,33)31(37)38/h16,20-27,29-30,35H,5-15,17-19H2,1-4H3,(H,37,38)/t22-,24-,25?,26-,27-,29+,30-,32?,33?,34+/m1/s1. The van der Waals surface area contributed by atoms with Gasteiger partial charge in [0.15, 0.2) is 0 Å².